The molecule has 1 aromatic rings. The van der Waals surface area contributed by atoms with Gasteiger partial charge in [0, 0.05) is 37.8 Å². The Morgan fingerprint density at radius 2 is 1.55 bits per heavy atom. The highest BCUT2D eigenvalue weighted by atomic mass is 35.5. The molecule has 22 heavy (non-hydrogen) atoms. The van der Waals surface area contributed by atoms with E-state index in [4.69, 9.17) is 0 Å². The van der Waals surface area contributed by atoms with Crippen molar-refractivity contribution in [3.63, 3.8) is 0 Å². The smallest absolute Gasteiger partial charge is 0.314 e. The molecule has 1 heterocycles. The van der Waals surface area contributed by atoms with Gasteiger partial charge in [0.1, 0.15) is 11.6 Å². The summed E-state index contributed by atoms with van der Waals surface area (Å²) in [6.07, 6.45) is -5.74. The topological polar surface area (TPSA) is 15.3 Å². The molecule has 0 spiro atoms. The lowest BCUT2D eigenvalue weighted by Crippen LogP contribution is -2.46. The Hall–Kier alpha value is -0.630. The molecule has 128 valence electrons. The standard InChI is InChI=1S/C13H15F5N2.2ClH/c14-9-2-1-3-10(15)12(9)11(8-13(16,17)18)20-6-4-19-5-7-20;;/h1-3,11,19H,4-8H2;2*1H/t11-;;/m1../s1. The van der Waals surface area contributed by atoms with Crippen molar-refractivity contribution in [1.29, 1.82) is 0 Å². The van der Waals surface area contributed by atoms with Crippen LogP contribution in [0.5, 0.6) is 0 Å². The van der Waals surface area contributed by atoms with Gasteiger partial charge in [-0.3, -0.25) is 4.90 Å². The Kier molecular flexibility index (Phi) is 8.61. The number of nitrogens with one attached hydrogen (secondary N) is 1. The van der Waals surface area contributed by atoms with E-state index in [1.165, 1.54) is 4.90 Å². The van der Waals surface area contributed by atoms with E-state index in [9.17, 15) is 22.0 Å². The molecule has 2 rings (SSSR count). The Labute approximate surface area is 137 Å². The molecule has 1 saturated heterocycles. The molecule has 0 aromatic heterocycles. The summed E-state index contributed by atoms with van der Waals surface area (Å²) in [4.78, 5) is 1.48. The molecule has 2 nitrogen and oxygen atoms in total. The highest BCUT2D eigenvalue weighted by Gasteiger charge is 2.38. The predicted octanol–water partition coefficient (Wildman–Crippen LogP) is 3.71. The Morgan fingerprint density at radius 3 is 2.00 bits per heavy atom. The van der Waals surface area contributed by atoms with Crippen molar-refractivity contribution in [2.75, 3.05) is 26.2 Å². The van der Waals surface area contributed by atoms with Gasteiger partial charge < -0.3 is 5.32 Å². The first-order chi connectivity index (χ1) is 9.38. The number of halogens is 7. The predicted molar refractivity (Wildman–Crippen MR) is 78.7 cm³/mol. The van der Waals surface area contributed by atoms with E-state index in [-0.39, 0.29) is 24.8 Å². The van der Waals surface area contributed by atoms with Gasteiger partial charge in [-0.25, -0.2) is 8.78 Å². The molecular weight excluding hydrogens is 350 g/mol. The van der Waals surface area contributed by atoms with E-state index in [0.29, 0.717) is 26.2 Å². The molecule has 1 aromatic carbocycles. The van der Waals surface area contributed by atoms with Gasteiger partial charge in [-0.2, -0.15) is 13.2 Å². The van der Waals surface area contributed by atoms with Crippen LogP contribution in [0.4, 0.5) is 22.0 Å². The van der Waals surface area contributed by atoms with Crippen molar-refractivity contribution < 1.29 is 22.0 Å². The van der Waals surface area contributed by atoms with Gasteiger partial charge in [-0.05, 0) is 12.1 Å². The minimum Gasteiger partial charge on any atom is -0.314 e. The zero-order chi connectivity index (χ0) is 14.8. The van der Waals surface area contributed by atoms with Crippen LogP contribution in [0.1, 0.15) is 18.0 Å². The molecule has 0 bridgehead atoms. The third kappa shape index (κ3) is 5.53. The van der Waals surface area contributed by atoms with Gasteiger partial charge in [0.05, 0.1) is 6.42 Å². The average Bonchev–Trinajstić information content (AvgIpc) is 2.37. The van der Waals surface area contributed by atoms with Crippen molar-refractivity contribution in [3.05, 3.63) is 35.4 Å². The normalized spacial score (nSPS) is 17.3. The molecule has 1 atom stereocenters. The van der Waals surface area contributed by atoms with Crippen molar-refractivity contribution in [3.8, 4) is 0 Å². The lowest BCUT2D eigenvalue weighted by Gasteiger charge is -2.35. The van der Waals surface area contributed by atoms with E-state index in [1.807, 2.05) is 0 Å². The summed E-state index contributed by atoms with van der Waals surface area (Å²) in [6, 6.07) is 1.81. The van der Waals surface area contributed by atoms with Crippen LogP contribution < -0.4 is 5.32 Å². The summed E-state index contributed by atoms with van der Waals surface area (Å²) in [5, 5.41) is 3.00. The highest BCUT2D eigenvalue weighted by Crippen LogP contribution is 2.36. The number of hydrogen-bond donors (Lipinski definition) is 1. The first-order valence-corrected chi connectivity index (χ1v) is 6.34. The molecule has 1 aliphatic rings. The lowest BCUT2D eigenvalue weighted by molar-refractivity contribution is -0.149. The Balaban J connectivity index is 0.00000220. The van der Waals surface area contributed by atoms with Gasteiger partial charge in [-0.15, -0.1) is 24.8 Å². The van der Waals surface area contributed by atoms with E-state index >= 15 is 0 Å². The maximum atomic E-state index is 13.8. The van der Waals surface area contributed by atoms with Crippen LogP contribution in [-0.4, -0.2) is 37.3 Å². The summed E-state index contributed by atoms with van der Waals surface area (Å²) in [5.41, 5.74) is -0.494. The molecule has 1 aliphatic heterocycles. The zero-order valence-electron chi connectivity index (χ0n) is 11.5. The quantitative estimate of drug-likeness (QED) is 0.820. The van der Waals surface area contributed by atoms with Crippen LogP contribution in [0, 0.1) is 11.6 Å². The fourth-order valence-electron chi connectivity index (χ4n) is 2.46. The number of benzene rings is 1. The number of alkyl halides is 3. The molecular formula is C13H17Cl2F5N2. The second-order valence-corrected chi connectivity index (χ2v) is 4.76. The molecule has 0 amide bonds. The van der Waals surface area contributed by atoms with Crippen molar-refractivity contribution in [1.82, 2.24) is 10.2 Å². The van der Waals surface area contributed by atoms with Gasteiger partial charge in [0.15, 0.2) is 0 Å². The zero-order valence-corrected chi connectivity index (χ0v) is 13.1. The maximum absolute atomic E-state index is 13.8. The van der Waals surface area contributed by atoms with Crippen LogP contribution in [-0.2, 0) is 0 Å². The first kappa shape index (κ1) is 21.4. The van der Waals surface area contributed by atoms with E-state index in [2.05, 4.69) is 5.32 Å². The average molecular weight is 367 g/mol. The molecule has 0 saturated carbocycles. The molecule has 1 fully saturated rings. The number of piperazine rings is 1. The summed E-state index contributed by atoms with van der Waals surface area (Å²) in [6.45, 7) is 1.66. The SMILES string of the molecule is Cl.Cl.Fc1cccc(F)c1[C@@H](CC(F)(F)F)N1CCNCC1. The van der Waals surface area contributed by atoms with Crippen LogP contribution in [0.25, 0.3) is 0 Å². The summed E-state index contributed by atoms with van der Waals surface area (Å²) >= 11 is 0. The van der Waals surface area contributed by atoms with Crippen molar-refractivity contribution in [2.24, 2.45) is 0 Å². The van der Waals surface area contributed by atoms with Crippen LogP contribution in [0.2, 0.25) is 0 Å². The molecule has 0 unspecified atom stereocenters. The Bertz CT molecular complexity index is 444. The van der Waals surface area contributed by atoms with E-state index < -0.39 is 35.8 Å². The van der Waals surface area contributed by atoms with E-state index in [0.717, 1.165) is 18.2 Å². The van der Waals surface area contributed by atoms with Gasteiger partial charge in [0.2, 0.25) is 0 Å². The number of hydrogen-bond acceptors (Lipinski definition) is 2. The third-order valence-electron chi connectivity index (χ3n) is 3.35. The molecule has 0 radical (unpaired) electrons. The van der Waals surface area contributed by atoms with Gasteiger partial charge in [0.25, 0.3) is 0 Å². The second-order valence-electron chi connectivity index (χ2n) is 4.76. The third-order valence-corrected chi connectivity index (χ3v) is 3.35. The fourth-order valence-corrected chi connectivity index (χ4v) is 2.46. The first-order valence-electron chi connectivity index (χ1n) is 6.34. The minimum absolute atomic E-state index is 0. The van der Waals surface area contributed by atoms with Gasteiger partial charge >= 0.3 is 6.18 Å². The van der Waals surface area contributed by atoms with Crippen LogP contribution in [0.3, 0.4) is 0 Å². The van der Waals surface area contributed by atoms with Crippen molar-refractivity contribution >= 4 is 24.8 Å². The molecule has 1 N–H and O–H groups in total. The summed E-state index contributed by atoms with van der Waals surface area (Å²) in [5.74, 6) is -1.87. The second kappa shape index (κ2) is 8.86. The van der Waals surface area contributed by atoms with Crippen molar-refractivity contribution in [2.45, 2.75) is 18.6 Å². The lowest BCUT2D eigenvalue weighted by atomic mass is 9.99. The molecule has 9 heteroatoms. The highest BCUT2D eigenvalue weighted by molar-refractivity contribution is 5.85. The van der Waals surface area contributed by atoms with Crippen LogP contribution in [0.15, 0.2) is 18.2 Å². The fraction of sp³-hybridized carbons (Fsp3) is 0.538. The number of nitrogens with zero attached hydrogens (tertiary/aromatic N) is 1. The minimum atomic E-state index is -4.48. The number of rotatable bonds is 3. The summed E-state index contributed by atoms with van der Waals surface area (Å²) < 4.78 is 65.7. The van der Waals surface area contributed by atoms with E-state index in [1.54, 1.807) is 0 Å². The Morgan fingerprint density at radius 1 is 1.05 bits per heavy atom. The van der Waals surface area contributed by atoms with Gasteiger partial charge in [-0.1, -0.05) is 6.07 Å². The largest absolute Gasteiger partial charge is 0.390 e. The maximum Gasteiger partial charge on any atom is 0.390 e. The summed E-state index contributed by atoms with van der Waals surface area (Å²) in [7, 11) is 0. The molecule has 0 aliphatic carbocycles. The monoisotopic (exact) mass is 366 g/mol. The van der Waals surface area contributed by atoms with Crippen LogP contribution >= 0.6 is 24.8 Å².